The van der Waals surface area contributed by atoms with Crippen molar-refractivity contribution in [2.75, 3.05) is 0 Å². The van der Waals surface area contributed by atoms with Crippen LogP contribution in [0.15, 0.2) is 188 Å². The highest BCUT2D eigenvalue weighted by Gasteiger charge is 2.43. The average molecular weight is 701 g/mol. The summed E-state index contributed by atoms with van der Waals surface area (Å²) in [5.41, 5.74) is 13.7. The third-order valence-corrected chi connectivity index (χ3v) is 11.5. The molecule has 0 amide bonds. The van der Waals surface area contributed by atoms with Gasteiger partial charge >= 0.3 is 0 Å². The summed E-state index contributed by atoms with van der Waals surface area (Å²) in [6.45, 7) is 0. The molecule has 0 spiro atoms. The van der Waals surface area contributed by atoms with Gasteiger partial charge in [-0.1, -0.05) is 158 Å². The van der Waals surface area contributed by atoms with E-state index >= 15 is 0 Å². The van der Waals surface area contributed by atoms with Gasteiger partial charge in [0.15, 0.2) is 5.82 Å². The maximum absolute atomic E-state index is 5.41. The van der Waals surface area contributed by atoms with E-state index in [1.165, 1.54) is 71.1 Å². The highest BCUT2D eigenvalue weighted by Crippen LogP contribution is 2.53. The largest absolute Gasteiger partial charge is 0.325 e. The van der Waals surface area contributed by atoms with Gasteiger partial charge in [-0.2, -0.15) is 0 Å². The smallest absolute Gasteiger partial charge is 0.160 e. The van der Waals surface area contributed by atoms with Crippen molar-refractivity contribution in [3.05, 3.63) is 199 Å². The van der Waals surface area contributed by atoms with Crippen molar-refractivity contribution in [1.82, 2.24) is 19.1 Å². The third kappa shape index (κ3) is 4.46. The van der Waals surface area contributed by atoms with E-state index in [9.17, 15) is 0 Å². The molecule has 1 atom stereocenters. The van der Waals surface area contributed by atoms with E-state index in [1.807, 2.05) is 6.07 Å². The molecule has 0 bridgehead atoms. The van der Waals surface area contributed by atoms with Gasteiger partial charge in [0, 0.05) is 43.9 Å². The molecule has 12 rings (SSSR count). The molecule has 0 fully saturated rings. The summed E-state index contributed by atoms with van der Waals surface area (Å²) in [6, 6.07) is 67.4. The van der Waals surface area contributed by atoms with Crippen molar-refractivity contribution >= 4 is 54.4 Å². The van der Waals surface area contributed by atoms with E-state index in [0.717, 1.165) is 34.0 Å². The van der Waals surface area contributed by atoms with Crippen LogP contribution in [0.3, 0.4) is 0 Å². The van der Waals surface area contributed by atoms with E-state index in [4.69, 9.17) is 9.97 Å². The quantitative estimate of drug-likeness (QED) is 0.179. The Bertz CT molecular complexity index is 3310. The Balaban J connectivity index is 1.15. The second-order valence-corrected chi connectivity index (χ2v) is 14.5. The molecule has 1 unspecified atom stereocenters. The number of fused-ring (bicyclic) bond motifs is 9. The highest BCUT2D eigenvalue weighted by molar-refractivity contribution is 6.23. The molecule has 3 heterocycles. The molecule has 0 radical (unpaired) electrons. The molecule has 4 heteroatoms. The van der Waals surface area contributed by atoms with Crippen molar-refractivity contribution in [2.45, 2.75) is 6.04 Å². The highest BCUT2D eigenvalue weighted by atomic mass is 15.1. The van der Waals surface area contributed by atoms with E-state index in [-0.39, 0.29) is 6.04 Å². The lowest BCUT2D eigenvalue weighted by molar-refractivity contribution is 0.842. The maximum Gasteiger partial charge on any atom is 0.160 e. The monoisotopic (exact) mass is 700 g/mol. The fraction of sp³-hybridized carbons (Fsp3) is 0.0196. The predicted octanol–water partition coefficient (Wildman–Crippen LogP) is 12.8. The minimum absolute atomic E-state index is 0.0867. The Labute approximate surface area is 317 Å². The first kappa shape index (κ1) is 30.2. The zero-order chi connectivity index (χ0) is 36.0. The summed E-state index contributed by atoms with van der Waals surface area (Å²) in [7, 11) is 0. The topological polar surface area (TPSA) is 35.6 Å². The average Bonchev–Trinajstić information content (AvgIpc) is 3.73. The third-order valence-electron chi connectivity index (χ3n) is 11.5. The lowest BCUT2D eigenvalue weighted by Crippen LogP contribution is -2.00. The molecule has 0 saturated carbocycles. The Kier molecular flexibility index (Phi) is 6.37. The lowest BCUT2D eigenvalue weighted by Gasteiger charge is -2.12. The van der Waals surface area contributed by atoms with Crippen LogP contribution in [-0.2, 0) is 0 Å². The molecular weight excluding hydrogens is 669 g/mol. The van der Waals surface area contributed by atoms with Crippen molar-refractivity contribution in [2.24, 2.45) is 0 Å². The van der Waals surface area contributed by atoms with Crippen molar-refractivity contribution in [3.8, 4) is 39.5 Å². The fourth-order valence-corrected chi connectivity index (χ4v) is 9.02. The van der Waals surface area contributed by atoms with E-state index in [0.29, 0.717) is 0 Å². The fourth-order valence-electron chi connectivity index (χ4n) is 9.02. The Morgan fingerprint density at radius 1 is 0.418 bits per heavy atom. The molecule has 0 N–H and O–H groups in total. The van der Waals surface area contributed by atoms with Gasteiger partial charge in [-0.25, -0.2) is 9.97 Å². The molecule has 0 aliphatic heterocycles. The zero-order valence-electron chi connectivity index (χ0n) is 29.8. The minimum Gasteiger partial charge on any atom is -0.325 e. The number of para-hydroxylation sites is 3. The van der Waals surface area contributed by atoms with Gasteiger partial charge in [0.05, 0.1) is 33.5 Å². The number of rotatable bonds is 5. The molecule has 0 saturated heterocycles. The molecule has 3 aromatic heterocycles. The van der Waals surface area contributed by atoms with Gasteiger partial charge in [0.25, 0.3) is 0 Å². The van der Waals surface area contributed by atoms with Crippen LogP contribution in [0.5, 0.6) is 0 Å². The number of aromatic nitrogens is 4. The molecule has 11 aromatic rings. The summed E-state index contributed by atoms with van der Waals surface area (Å²) < 4.78 is 5.00. The van der Waals surface area contributed by atoms with Crippen LogP contribution in [0.2, 0.25) is 0 Å². The number of hydrogen-bond donors (Lipinski definition) is 0. The Hall–Kier alpha value is -7.30. The zero-order valence-corrected chi connectivity index (χ0v) is 29.8. The normalized spacial score (nSPS) is 13.6. The van der Waals surface area contributed by atoms with Crippen LogP contribution in [-0.4, -0.2) is 19.1 Å². The first-order chi connectivity index (χ1) is 27.3. The maximum atomic E-state index is 5.41. The second-order valence-electron chi connectivity index (χ2n) is 14.5. The molecule has 4 nitrogen and oxygen atoms in total. The summed E-state index contributed by atoms with van der Waals surface area (Å²) in [5.74, 6) is 0.747. The van der Waals surface area contributed by atoms with Crippen LogP contribution in [0.25, 0.3) is 93.8 Å². The summed E-state index contributed by atoms with van der Waals surface area (Å²) >= 11 is 0. The van der Waals surface area contributed by atoms with Crippen LogP contribution in [0, 0.1) is 0 Å². The second kappa shape index (κ2) is 11.6. The molecule has 1 aliphatic carbocycles. The Morgan fingerprint density at radius 3 is 1.84 bits per heavy atom. The van der Waals surface area contributed by atoms with Gasteiger partial charge in [0.2, 0.25) is 0 Å². The summed E-state index contributed by atoms with van der Waals surface area (Å²) in [6.07, 6.45) is 0. The van der Waals surface area contributed by atoms with Gasteiger partial charge in [-0.15, -0.1) is 0 Å². The van der Waals surface area contributed by atoms with E-state index in [2.05, 4.69) is 191 Å². The van der Waals surface area contributed by atoms with Crippen LogP contribution in [0.4, 0.5) is 0 Å². The van der Waals surface area contributed by atoms with Gasteiger partial charge in [-0.05, 0) is 52.2 Å². The summed E-state index contributed by atoms with van der Waals surface area (Å²) in [4.78, 5) is 10.8. The standard InChI is InChI=1S/C51H32N4/c1-3-16-33(17-4-1)51-52-46(35-20-13-19-34(31-35)38-26-14-18-32-15-7-8-23-37(32)38)45-47(53-51)50(45)55-44-28-12-10-25-40(44)42-30-29-41-39-24-9-11-27-43(39)54(48(41)49(42)55)36-21-5-2-6-22-36/h1-31,50H. The number of nitrogens with zero attached hydrogens (tertiary/aromatic N) is 4. The predicted molar refractivity (Wildman–Crippen MR) is 227 cm³/mol. The minimum atomic E-state index is -0.0867. The number of hydrogen-bond acceptors (Lipinski definition) is 2. The van der Waals surface area contributed by atoms with Gasteiger partial charge < -0.3 is 9.13 Å². The molecular formula is C51H32N4. The van der Waals surface area contributed by atoms with E-state index < -0.39 is 0 Å². The summed E-state index contributed by atoms with van der Waals surface area (Å²) in [5, 5.41) is 7.42. The lowest BCUT2D eigenvalue weighted by atomic mass is 9.96. The Morgan fingerprint density at radius 2 is 1.02 bits per heavy atom. The van der Waals surface area contributed by atoms with Crippen molar-refractivity contribution in [1.29, 1.82) is 0 Å². The van der Waals surface area contributed by atoms with Crippen molar-refractivity contribution in [3.63, 3.8) is 0 Å². The van der Waals surface area contributed by atoms with Gasteiger partial charge in [0.1, 0.15) is 6.04 Å². The van der Waals surface area contributed by atoms with E-state index in [1.54, 1.807) is 0 Å². The molecule has 55 heavy (non-hydrogen) atoms. The number of benzene rings is 8. The SMILES string of the molecule is c1ccc(-c2nc(-c3cccc(-c4cccc5ccccc45)c3)c3c(n2)C3n2c3ccccc3c3ccc4c5ccccc5n(-c5ccccc5)c4c32)cc1. The van der Waals surface area contributed by atoms with Crippen LogP contribution in [0.1, 0.15) is 17.3 Å². The van der Waals surface area contributed by atoms with Gasteiger partial charge in [-0.3, -0.25) is 0 Å². The molecule has 256 valence electrons. The first-order valence-corrected chi connectivity index (χ1v) is 18.9. The molecule has 8 aromatic carbocycles. The first-order valence-electron chi connectivity index (χ1n) is 18.9. The van der Waals surface area contributed by atoms with Crippen LogP contribution >= 0.6 is 0 Å². The molecule has 1 aliphatic rings. The van der Waals surface area contributed by atoms with Crippen LogP contribution < -0.4 is 0 Å². The van der Waals surface area contributed by atoms with Crippen molar-refractivity contribution < 1.29 is 0 Å².